The Morgan fingerprint density at radius 3 is 2.65 bits per heavy atom. The van der Waals surface area contributed by atoms with E-state index in [9.17, 15) is 9.18 Å². The minimum Gasteiger partial charge on any atom is -0.494 e. The summed E-state index contributed by atoms with van der Waals surface area (Å²) in [6.45, 7) is 2.86. The summed E-state index contributed by atoms with van der Waals surface area (Å²) < 4.78 is 20.2. The number of ether oxygens (including phenoxy) is 1. The van der Waals surface area contributed by atoms with Gasteiger partial charge in [0.05, 0.1) is 12.8 Å². The highest BCUT2D eigenvalue weighted by Crippen LogP contribution is 2.25. The van der Waals surface area contributed by atoms with Crippen LogP contribution in [0.4, 0.5) is 9.18 Å². The lowest BCUT2D eigenvalue weighted by molar-refractivity contribution is 0.132. The van der Waals surface area contributed by atoms with Gasteiger partial charge < -0.3 is 9.64 Å². The largest absolute Gasteiger partial charge is 0.494 e. The fraction of sp³-hybridized carbons (Fsp3) is 0.333. The van der Waals surface area contributed by atoms with Crippen molar-refractivity contribution < 1.29 is 13.9 Å². The Hall–Kier alpha value is -3.19. The highest BCUT2D eigenvalue weighted by atomic mass is 19.1. The van der Waals surface area contributed by atoms with E-state index in [2.05, 4.69) is 34.1 Å². The molecule has 0 aliphatic carbocycles. The summed E-state index contributed by atoms with van der Waals surface area (Å²) >= 11 is 0. The van der Waals surface area contributed by atoms with E-state index in [1.807, 2.05) is 13.1 Å². The number of piperidine rings is 1. The smallest absolute Gasteiger partial charge is 0.329 e. The molecule has 1 aromatic heterocycles. The van der Waals surface area contributed by atoms with Crippen LogP contribution in [0, 0.1) is 5.82 Å². The third-order valence-electron chi connectivity index (χ3n) is 5.91. The molecule has 2 heterocycles. The van der Waals surface area contributed by atoms with Crippen LogP contribution in [-0.2, 0) is 6.54 Å². The van der Waals surface area contributed by atoms with Gasteiger partial charge in [-0.2, -0.15) is 0 Å². The molecule has 2 aromatic carbocycles. The van der Waals surface area contributed by atoms with Gasteiger partial charge in [0.25, 0.3) is 0 Å². The zero-order valence-electron chi connectivity index (χ0n) is 17.9. The third kappa shape index (κ3) is 4.77. The van der Waals surface area contributed by atoms with Gasteiger partial charge in [-0.05, 0) is 36.6 Å². The molecule has 31 heavy (non-hydrogen) atoms. The second kappa shape index (κ2) is 9.31. The van der Waals surface area contributed by atoms with Gasteiger partial charge in [-0.25, -0.2) is 14.2 Å². The van der Waals surface area contributed by atoms with Crippen LogP contribution in [0.1, 0.15) is 18.4 Å². The average Bonchev–Trinajstić information content (AvgIpc) is 3.30. The molecular formula is C24H27FN4O2. The van der Waals surface area contributed by atoms with Gasteiger partial charge in [0.1, 0.15) is 6.33 Å². The van der Waals surface area contributed by atoms with Gasteiger partial charge in [-0.15, -0.1) is 0 Å². The Kier molecular flexibility index (Phi) is 6.32. The molecule has 0 bridgehead atoms. The second-order valence-electron chi connectivity index (χ2n) is 7.90. The monoisotopic (exact) mass is 422 g/mol. The number of amides is 1. The molecule has 1 fully saturated rings. The number of benzene rings is 2. The van der Waals surface area contributed by atoms with E-state index >= 15 is 0 Å². The molecule has 1 aliphatic heterocycles. The predicted molar refractivity (Wildman–Crippen MR) is 117 cm³/mol. The van der Waals surface area contributed by atoms with Crippen LogP contribution in [0.5, 0.6) is 5.75 Å². The number of aromatic nitrogens is 2. The zero-order chi connectivity index (χ0) is 21.8. The van der Waals surface area contributed by atoms with Crippen molar-refractivity contribution in [2.75, 3.05) is 27.2 Å². The quantitative estimate of drug-likeness (QED) is 0.616. The highest BCUT2D eigenvalue weighted by Gasteiger charge is 2.26. The number of halogens is 1. The zero-order valence-corrected chi connectivity index (χ0v) is 17.9. The number of carbonyl (C=O) groups excluding carboxylic acids is 1. The minimum atomic E-state index is -0.430. The number of hydrogen-bond donors (Lipinski definition) is 0. The number of rotatable bonds is 5. The number of methoxy groups -OCH3 is 1. The first-order valence-electron chi connectivity index (χ1n) is 10.5. The maximum absolute atomic E-state index is 13.7. The molecule has 0 atom stereocenters. The maximum atomic E-state index is 13.7. The summed E-state index contributed by atoms with van der Waals surface area (Å²) in [5, 5.41) is 0. The topological polar surface area (TPSA) is 50.6 Å². The summed E-state index contributed by atoms with van der Waals surface area (Å²) in [5.41, 5.74) is 2.60. The summed E-state index contributed by atoms with van der Waals surface area (Å²) in [6, 6.07) is 15.1. The molecule has 1 saturated heterocycles. The number of imidazole rings is 1. The van der Waals surface area contributed by atoms with E-state index in [4.69, 9.17) is 4.74 Å². The van der Waals surface area contributed by atoms with E-state index < -0.39 is 5.82 Å². The van der Waals surface area contributed by atoms with Crippen molar-refractivity contribution in [1.82, 2.24) is 19.4 Å². The molecule has 1 amide bonds. The van der Waals surface area contributed by atoms with E-state index in [0.29, 0.717) is 11.3 Å². The van der Waals surface area contributed by atoms with Crippen LogP contribution in [0.25, 0.3) is 11.3 Å². The Morgan fingerprint density at radius 1 is 1.19 bits per heavy atom. The van der Waals surface area contributed by atoms with Crippen LogP contribution in [0.2, 0.25) is 0 Å². The Labute approximate surface area is 181 Å². The lowest BCUT2D eigenvalue weighted by Crippen LogP contribution is -2.46. The fourth-order valence-electron chi connectivity index (χ4n) is 4.04. The van der Waals surface area contributed by atoms with Crippen molar-refractivity contribution in [1.29, 1.82) is 0 Å². The van der Waals surface area contributed by atoms with Crippen molar-refractivity contribution in [3.05, 3.63) is 72.4 Å². The maximum Gasteiger partial charge on any atom is 0.329 e. The summed E-state index contributed by atoms with van der Waals surface area (Å²) in [7, 11) is 3.27. The lowest BCUT2D eigenvalue weighted by Gasteiger charge is -2.36. The average molecular weight is 423 g/mol. The third-order valence-corrected chi connectivity index (χ3v) is 5.91. The highest BCUT2D eigenvalue weighted by molar-refractivity contribution is 5.78. The molecule has 3 aromatic rings. The summed E-state index contributed by atoms with van der Waals surface area (Å²) in [5.74, 6) is -0.280. The molecule has 0 spiro atoms. The second-order valence-corrected chi connectivity index (χ2v) is 7.90. The van der Waals surface area contributed by atoms with E-state index in [1.165, 1.54) is 29.6 Å². The molecule has 162 valence electrons. The number of nitrogens with zero attached hydrogens (tertiary/aromatic N) is 4. The SMILES string of the molecule is COc1cc(-c2cn(C(=O)N(C)C3CCN(Cc4ccccc4)CC3)cn2)ccc1F. The number of likely N-dealkylation sites (tertiary alicyclic amines) is 1. The molecule has 4 rings (SSSR count). The molecule has 0 saturated carbocycles. The minimum absolute atomic E-state index is 0.116. The van der Waals surface area contributed by atoms with Gasteiger partial charge in [-0.3, -0.25) is 9.47 Å². The van der Waals surface area contributed by atoms with Gasteiger partial charge in [0, 0.05) is 44.5 Å². The van der Waals surface area contributed by atoms with Crippen LogP contribution in [0.3, 0.4) is 0 Å². The van der Waals surface area contributed by atoms with Gasteiger partial charge in [0.15, 0.2) is 11.6 Å². The summed E-state index contributed by atoms with van der Waals surface area (Å²) in [4.78, 5) is 21.6. The predicted octanol–water partition coefficient (Wildman–Crippen LogP) is 4.26. The Balaban J connectivity index is 1.37. The summed E-state index contributed by atoms with van der Waals surface area (Å²) in [6.07, 6.45) is 5.06. The van der Waals surface area contributed by atoms with Crippen LogP contribution < -0.4 is 4.74 Å². The van der Waals surface area contributed by atoms with Crippen LogP contribution >= 0.6 is 0 Å². The Bertz CT molecular complexity index is 1030. The van der Waals surface area contributed by atoms with Crippen molar-refractivity contribution >= 4 is 6.03 Å². The molecule has 1 aliphatic rings. The van der Waals surface area contributed by atoms with E-state index in [1.54, 1.807) is 23.2 Å². The van der Waals surface area contributed by atoms with Gasteiger partial charge >= 0.3 is 6.03 Å². The lowest BCUT2D eigenvalue weighted by atomic mass is 10.0. The normalized spacial score (nSPS) is 15.1. The van der Waals surface area contributed by atoms with E-state index in [0.717, 1.165) is 32.5 Å². The molecule has 0 unspecified atom stereocenters. The van der Waals surface area contributed by atoms with Crippen molar-refractivity contribution in [3.8, 4) is 17.0 Å². The van der Waals surface area contributed by atoms with Gasteiger partial charge in [0.2, 0.25) is 0 Å². The number of carbonyl (C=O) groups is 1. The first-order chi connectivity index (χ1) is 15.0. The molecule has 6 nitrogen and oxygen atoms in total. The molecule has 0 N–H and O–H groups in total. The van der Waals surface area contributed by atoms with Crippen LogP contribution in [0.15, 0.2) is 61.1 Å². The van der Waals surface area contributed by atoms with Crippen molar-refractivity contribution in [3.63, 3.8) is 0 Å². The van der Waals surface area contributed by atoms with Crippen molar-refractivity contribution in [2.24, 2.45) is 0 Å². The fourth-order valence-corrected chi connectivity index (χ4v) is 4.04. The van der Waals surface area contributed by atoms with Gasteiger partial charge in [-0.1, -0.05) is 30.3 Å². The van der Waals surface area contributed by atoms with Crippen LogP contribution in [-0.4, -0.2) is 58.7 Å². The number of hydrogen-bond acceptors (Lipinski definition) is 4. The molecule has 7 heteroatoms. The Morgan fingerprint density at radius 2 is 1.94 bits per heavy atom. The standard InChI is InChI=1S/C24H27FN4O2/c1-27(20-10-12-28(13-11-20)15-18-6-4-3-5-7-18)24(30)29-16-22(26-17-29)19-8-9-21(25)23(14-19)31-2/h3-9,14,16-17,20H,10-13,15H2,1-2H3. The molecular weight excluding hydrogens is 395 g/mol. The molecule has 0 radical (unpaired) electrons. The first-order valence-corrected chi connectivity index (χ1v) is 10.5. The van der Waals surface area contributed by atoms with E-state index in [-0.39, 0.29) is 17.8 Å². The first kappa shape index (κ1) is 21.1. The van der Waals surface area contributed by atoms with Crippen molar-refractivity contribution in [2.45, 2.75) is 25.4 Å².